The largest absolute Gasteiger partial charge is 0.490 e. The van der Waals surface area contributed by atoms with Gasteiger partial charge in [-0.2, -0.15) is 5.10 Å². The van der Waals surface area contributed by atoms with E-state index in [4.69, 9.17) is 14.6 Å². The summed E-state index contributed by atoms with van der Waals surface area (Å²) in [7, 11) is 0. The molecule has 0 radical (unpaired) electrons. The number of hydrogen-bond acceptors (Lipinski definition) is 6. The number of hydrogen-bond donors (Lipinski definition) is 1. The molecule has 2 aromatic heterocycles. The van der Waals surface area contributed by atoms with Crippen LogP contribution in [0.4, 0.5) is 4.39 Å². The second-order valence-electron chi connectivity index (χ2n) is 12.2. The number of rotatable bonds is 5. The van der Waals surface area contributed by atoms with E-state index >= 15 is 4.39 Å². The zero-order valence-corrected chi connectivity index (χ0v) is 25.0. The van der Waals surface area contributed by atoms with Crippen molar-refractivity contribution in [1.29, 1.82) is 0 Å². The van der Waals surface area contributed by atoms with Gasteiger partial charge in [0.2, 0.25) is 0 Å². The fourth-order valence-electron chi connectivity index (χ4n) is 6.13. The molecule has 0 bridgehead atoms. The summed E-state index contributed by atoms with van der Waals surface area (Å²) in [5.74, 6) is -1.79. The molecule has 224 valence electrons. The molecule has 6 rings (SSSR count). The topological polar surface area (TPSA) is 106 Å². The molecule has 9 nitrogen and oxygen atoms in total. The molecule has 0 spiro atoms. The SMILES string of the molecule is Cc1nc2cc(C(=O)N3CCc4ccccc4C3)nn2c(-c2cc(F)c3c(c2C)CCCO3)c1[C@H](OC(C)(C)C)C(=O)O. The molecule has 10 heteroatoms. The van der Waals surface area contributed by atoms with E-state index < -0.39 is 23.5 Å². The van der Waals surface area contributed by atoms with Crippen molar-refractivity contribution >= 4 is 17.5 Å². The Hall–Kier alpha value is -4.31. The first-order chi connectivity index (χ1) is 20.4. The molecule has 4 heterocycles. The number of carbonyl (C=O) groups is 2. The minimum absolute atomic E-state index is 0.174. The zero-order valence-electron chi connectivity index (χ0n) is 25.0. The number of carboxylic acids is 1. The van der Waals surface area contributed by atoms with Crippen LogP contribution in [-0.2, 0) is 28.9 Å². The summed E-state index contributed by atoms with van der Waals surface area (Å²) in [5, 5.41) is 15.1. The molecule has 0 aliphatic carbocycles. The lowest BCUT2D eigenvalue weighted by atomic mass is 9.91. The van der Waals surface area contributed by atoms with E-state index in [9.17, 15) is 14.7 Å². The third-order valence-corrected chi connectivity index (χ3v) is 8.12. The third kappa shape index (κ3) is 5.24. The van der Waals surface area contributed by atoms with Crippen LogP contribution in [0.1, 0.15) is 77.3 Å². The lowest BCUT2D eigenvalue weighted by Gasteiger charge is -2.28. The van der Waals surface area contributed by atoms with Crippen molar-refractivity contribution in [2.45, 2.75) is 72.1 Å². The summed E-state index contributed by atoms with van der Waals surface area (Å²) >= 11 is 0. The highest BCUT2D eigenvalue weighted by Crippen LogP contribution is 2.41. The predicted molar refractivity (Wildman–Crippen MR) is 158 cm³/mol. The first kappa shape index (κ1) is 28.8. The van der Waals surface area contributed by atoms with E-state index in [2.05, 4.69) is 11.1 Å². The second kappa shape index (κ2) is 10.8. The van der Waals surface area contributed by atoms with Crippen molar-refractivity contribution in [3.05, 3.63) is 81.4 Å². The number of aromatic nitrogens is 3. The number of aliphatic carboxylic acids is 1. The van der Waals surface area contributed by atoms with Gasteiger partial charge < -0.3 is 19.5 Å². The maximum atomic E-state index is 15.6. The Balaban J connectivity index is 1.56. The van der Waals surface area contributed by atoms with Gasteiger partial charge in [-0.3, -0.25) is 4.79 Å². The minimum Gasteiger partial charge on any atom is -0.490 e. The van der Waals surface area contributed by atoms with E-state index in [1.165, 1.54) is 16.1 Å². The molecule has 0 saturated carbocycles. The van der Waals surface area contributed by atoms with Crippen molar-refractivity contribution in [1.82, 2.24) is 19.5 Å². The Bertz CT molecular complexity index is 1770. The molecule has 2 aromatic carbocycles. The first-order valence-electron chi connectivity index (χ1n) is 14.5. The standard InChI is InChI=1S/C33H35FN4O5/c1-18-22-11-8-14-42-29(22)24(34)15-23(18)28-27(30(32(40)41)43-33(3,4)5)19(2)35-26-16-25(36-38(26)28)31(39)37-13-12-20-9-6-7-10-21(20)17-37/h6-7,9-10,15-16,30H,8,11-14,17H2,1-5H3,(H,40,41)/t30-/m0/s1. The van der Waals surface area contributed by atoms with Crippen molar-refractivity contribution in [3.63, 3.8) is 0 Å². The molecule has 0 saturated heterocycles. The monoisotopic (exact) mass is 586 g/mol. The molecule has 2 aliphatic heterocycles. The van der Waals surface area contributed by atoms with Gasteiger partial charge in [-0.25, -0.2) is 18.7 Å². The fraction of sp³-hybridized carbons (Fsp3) is 0.394. The summed E-state index contributed by atoms with van der Waals surface area (Å²) in [4.78, 5) is 32.9. The smallest absolute Gasteiger partial charge is 0.337 e. The number of carboxylic acid groups (broad SMARTS) is 1. The van der Waals surface area contributed by atoms with Crippen LogP contribution in [0.15, 0.2) is 36.4 Å². The summed E-state index contributed by atoms with van der Waals surface area (Å²) in [6.07, 6.45) is 0.665. The number of halogens is 1. The van der Waals surface area contributed by atoms with Crippen molar-refractivity contribution in [2.24, 2.45) is 0 Å². The zero-order chi connectivity index (χ0) is 30.6. The van der Waals surface area contributed by atoms with Crippen LogP contribution >= 0.6 is 0 Å². The molecular formula is C33H35FN4O5. The highest BCUT2D eigenvalue weighted by Gasteiger charge is 2.35. The second-order valence-corrected chi connectivity index (χ2v) is 12.2. The lowest BCUT2D eigenvalue weighted by molar-refractivity contribution is -0.160. The summed E-state index contributed by atoms with van der Waals surface area (Å²) in [6, 6.07) is 11.0. The Kier molecular flexibility index (Phi) is 7.20. The van der Waals surface area contributed by atoms with Crippen molar-refractivity contribution < 1.29 is 28.6 Å². The van der Waals surface area contributed by atoms with E-state index in [0.29, 0.717) is 48.7 Å². The Morgan fingerprint density at radius 1 is 1.12 bits per heavy atom. The van der Waals surface area contributed by atoms with Gasteiger partial charge in [-0.05, 0) is 76.6 Å². The van der Waals surface area contributed by atoms with E-state index in [1.54, 1.807) is 38.7 Å². The molecule has 1 N–H and O–H groups in total. The number of nitrogens with zero attached hydrogens (tertiary/aromatic N) is 4. The van der Waals surface area contributed by atoms with Gasteiger partial charge >= 0.3 is 5.97 Å². The van der Waals surface area contributed by atoms with Gasteiger partial charge in [0.15, 0.2) is 29.0 Å². The number of ether oxygens (including phenoxy) is 2. The average Bonchev–Trinajstić information content (AvgIpc) is 3.39. The van der Waals surface area contributed by atoms with Crippen LogP contribution in [0.2, 0.25) is 0 Å². The van der Waals surface area contributed by atoms with E-state index in [1.807, 2.05) is 25.1 Å². The van der Waals surface area contributed by atoms with Gasteiger partial charge in [0, 0.05) is 41.5 Å². The van der Waals surface area contributed by atoms with Crippen LogP contribution in [0.5, 0.6) is 5.75 Å². The molecule has 43 heavy (non-hydrogen) atoms. The van der Waals surface area contributed by atoms with Gasteiger partial charge in [0.25, 0.3) is 5.91 Å². The van der Waals surface area contributed by atoms with Crippen LogP contribution < -0.4 is 4.74 Å². The van der Waals surface area contributed by atoms with Gasteiger partial charge in [0.05, 0.1) is 17.9 Å². The summed E-state index contributed by atoms with van der Waals surface area (Å²) in [5.41, 5.74) is 4.92. The molecule has 1 amide bonds. The Morgan fingerprint density at radius 3 is 2.58 bits per heavy atom. The predicted octanol–water partition coefficient (Wildman–Crippen LogP) is 5.62. The van der Waals surface area contributed by atoms with Crippen molar-refractivity contribution in [3.8, 4) is 17.0 Å². The molecular weight excluding hydrogens is 551 g/mol. The molecule has 4 aromatic rings. The Labute approximate surface area is 249 Å². The average molecular weight is 587 g/mol. The highest BCUT2D eigenvalue weighted by atomic mass is 19.1. The molecule has 2 aliphatic rings. The van der Waals surface area contributed by atoms with Gasteiger partial charge in [-0.15, -0.1) is 0 Å². The lowest BCUT2D eigenvalue weighted by Crippen LogP contribution is -2.36. The Morgan fingerprint density at radius 2 is 1.86 bits per heavy atom. The quantitative estimate of drug-likeness (QED) is 0.324. The number of fused-ring (bicyclic) bond motifs is 3. The van der Waals surface area contributed by atoms with E-state index in [0.717, 1.165) is 29.5 Å². The highest BCUT2D eigenvalue weighted by molar-refractivity contribution is 5.94. The summed E-state index contributed by atoms with van der Waals surface area (Å²) < 4.78 is 28.8. The third-order valence-electron chi connectivity index (χ3n) is 8.12. The molecule has 0 fully saturated rings. The number of amides is 1. The maximum absolute atomic E-state index is 15.6. The molecule has 1 atom stereocenters. The van der Waals surface area contributed by atoms with Gasteiger partial charge in [0.1, 0.15) is 0 Å². The number of benzene rings is 2. The van der Waals surface area contributed by atoms with Crippen LogP contribution in [0.25, 0.3) is 16.9 Å². The minimum atomic E-state index is -1.43. The van der Waals surface area contributed by atoms with Gasteiger partial charge in [-0.1, -0.05) is 24.3 Å². The van der Waals surface area contributed by atoms with Crippen LogP contribution in [0, 0.1) is 19.7 Å². The molecule has 0 unspecified atom stereocenters. The van der Waals surface area contributed by atoms with Crippen LogP contribution in [0.3, 0.4) is 0 Å². The number of aryl methyl sites for hydroxylation is 1. The summed E-state index contributed by atoms with van der Waals surface area (Å²) in [6.45, 7) is 10.3. The van der Waals surface area contributed by atoms with Crippen molar-refractivity contribution in [2.75, 3.05) is 13.2 Å². The van der Waals surface area contributed by atoms with Crippen LogP contribution in [-0.4, -0.2) is 55.2 Å². The maximum Gasteiger partial charge on any atom is 0.337 e. The number of carbonyl (C=O) groups excluding carboxylic acids is 1. The fourth-order valence-corrected chi connectivity index (χ4v) is 6.13. The normalized spacial score (nSPS) is 15.5. The first-order valence-corrected chi connectivity index (χ1v) is 14.5. The van der Waals surface area contributed by atoms with E-state index in [-0.39, 0.29) is 22.9 Å².